The van der Waals surface area contributed by atoms with Gasteiger partial charge in [0.1, 0.15) is 5.82 Å². The highest BCUT2D eigenvalue weighted by Crippen LogP contribution is 2.20. The third kappa shape index (κ3) is 4.43. The second kappa shape index (κ2) is 8.60. The van der Waals surface area contributed by atoms with E-state index in [0.29, 0.717) is 0 Å². The van der Waals surface area contributed by atoms with Crippen LogP contribution < -0.4 is 21.9 Å². The Morgan fingerprint density at radius 1 is 1.06 bits per heavy atom. The van der Waals surface area contributed by atoms with Gasteiger partial charge < -0.3 is 10.6 Å². The number of nitrogens with one attached hydrogen (secondary N) is 1. The van der Waals surface area contributed by atoms with Crippen LogP contribution in [-0.2, 0) is 16.4 Å². The van der Waals surface area contributed by atoms with Gasteiger partial charge in [-0.25, -0.2) is 13.2 Å². The lowest BCUT2D eigenvalue weighted by atomic mass is 10.2. The Labute approximate surface area is 178 Å². The van der Waals surface area contributed by atoms with Crippen LogP contribution in [0.3, 0.4) is 0 Å². The topological polar surface area (TPSA) is 135 Å². The molecule has 0 aliphatic heterocycles. The first kappa shape index (κ1) is 22.0. The van der Waals surface area contributed by atoms with Gasteiger partial charge in [0.2, 0.25) is 0 Å². The Morgan fingerprint density at radius 3 is 2.26 bits per heavy atom. The first-order valence-corrected chi connectivity index (χ1v) is 11.1. The molecule has 0 radical (unpaired) electrons. The van der Waals surface area contributed by atoms with Crippen LogP contribution in [0.2, 0.25) is 0 Å². The van der Waals surface area contributed by atoms with Crippen LogP contribution in [0.5, 0.6) is 0 Å². The molecule has 0 spiro atoms. The van der Waals surface area contributed by atoms with Gasteiger partial charge in [0, 0.05) is 12.6 Å². The van der Waals surface area contributed by atoms with Gasteiger partial charge in [-0.1, -0.05) is 37.3 Å². The highest BCUT2D eigenvalue weighted by atomic mass is 32.2. The van der Waals surface area contributed by atoms with E-state index in [1.165, 1.54) is 42.8 Å². The number of rotatable bonds is 6. The molecule has 31 heavy (non-hydrogen) atoms. The SMILES string of the molecule is CCS(=O)(=O)c1ccc(C(=O)N(C)c2c(N)n(Cc3ccccc3)c(=O)[nH]c2=O)cc1. The fraction of sp³-hybridized carbons (Fsp3) is 0.190. The summed E-state index contributed by atoms with van der Waals surface area (Å²) in [5.41, 5.74) is 5.41. The number of aromatic amines is 1. The average Bonchev–Trinajstić information content (AvgIpc) is 2.76. The van der Waals surface area contributed by atoms with Crippen molar-refractivity contribution in [2.24, 2.45) is 0 Å². The van der Waals surface area contributed by atoms with E-state index in [1.54, 1.807) is 24.3 Å². The minimum Gasteiger partial charge on any atom is -0.383 e. The number of hydrogen-bond donors (Lipinski definition) is 2. The monoisotopic (exact) mass is 442 g/mol. The summed E-state index contributed by atoms with van der Waals surface area (Å²) in [7, 11) is -2.05. The molecule has 0 saturated carbocycles. The summed E-state index contributed by atoms with van der Waals surface area (Å²) in [6.07, 6.45) is 0. The van der Waals surface area contributed by atoms with E-state index in [0.717, 1.165) is 10.5 Å². The summed E-state index contributed by atoms with van der Waals surface area (Å²) in [4.78, 5) is 41.0. The number of hydrogen-bond acceptors (Lipinski definition) is 6. The van der Waals surface area contributed by atoms with Crippen LogP contribution in [0.25, 0.3) is 0 Å². The zero-order valence-corrected chi connectivity index (χ0v) is 17.8. The highest BCUT2D eigenvalue weighted by molar-refractivity contribution is 7.91. The molecule has 0 bridgehead atoms. The molecule has 0 saturated heterocycles. The summed E-state index contributed by atoms with van der Waals surface area (Å²) in [6.45, 7) is 1.64. The van der Waals surface area contributed by atoms with Gasteiger partial charge in [-0.15, -0.1) is 0 Å². The molecular formula is C21H22N4O5S. The summed E-state index contributed by atoms with van der Waals surface area (Å²) in [5, 5.41) is 0. The molecule has 0 unspecified atom stereocenters. The van der Waals surface area contributed by atoms with Crippen LogP contribution in [0.15, 0.2) is 69.1 Å². The number of nitrogen functional groups attached to an aromatic ring is 1. The minimum atomic E-state index is -3.40. The van der Waals surface area contributed by atoms with Crippen molar-refractivity contribution in [3.8, 4) is 0 Å². The number of H-pyrrole nitrogens is 1. The molecule has 1 heterocycles. The Bertz CT molecular complexity index is 1330. The second-order valence-corrected chi connectivity index (χ2v) is 9.14. The quantitative estimate of drug-likeness (QED) is 0.590. The number of sulfone groups is 1. The van der Waals surface area contributed by atoms with E-state index in [1.807, 2.05) is 6.07 Å². The van der Waals surface area contributed by atoms with Gasteiger partial charge in [0.15, 0.2) is 15.5 Å². The molecule has 3 rings (SSSR count). The van der Waals surface area contributed by atoms with Crippen molar-refractivity contribution < 1.29 is 13.2 Å². The van der Waals surface area contributed by atoms with Crippen molar-refractivity contribution in [2.45, 2.75) is 18.4 Å². The lowest BCUT2D eigenvalue weighted by molar-refractivity contribution is 0.0992. The molecule has 3 N–H and O–H groups in total. The maximum atomic E-state index is 12.9. The van der Waals surface area contributed by atoms with Crippen LogP contribution in [0.4, 0.5) is 11.5 Å². The molecule has 2 aromatic carbocycles. The maximum Gasteiger partial charge on any atom is 0.330 e. The summed E-state index contributed by atoms with van der Waals surface area (Å²) >= 11 is 0. The number of carbonyl (C=O) groups is 1. The normalized spacial score (nSPS) is 11.3. The van der Waals surface area contributed by atoms with E-state index in [-0.39, 0.29) is 34.3 Å². The van der Waals surface area contributed by atoms with E-state index >= 15 is 0 Å². The third-order valence-corrected chi connectivity index (χ3v) is 6.63. The number of benzene rings is 2. The van der Waals surface area contributed by atoms with Crippen molar-refractivity contribution in [1.29, 1.82) is 0 Å². The zero-order valence-electron chi connectivity index (χ0n) is 17.0. The van der Waals surface area contributed by atoms with Gasteiger partial charge in [0.25, 0.3) is 11.5 Å². The fourth-order valence-electron chi connectivity index (χ4n) is 3.09. The second-order valence-electron chi connectivity index (χ2n) is 6.86. The minimum absolute atomic E-state index is 0.0605. The number of nitrogens with zero attached hydrogens (tertiary/aromatic N) is 2. The molecule has 0 aliphatic rings. The lowest BCUT2D eigenvalue weighted by Crippen LogP contribution is -2.39. The molecule has 9 nitrogen and oxygen atoms in total. The summed E-state index contributed by atoms with van der Waals surface area (Å²) < 4.78 is 25.1. The van der Waals surface area contributed by atoms with Crippen molar-refractivity contribution in [1.82, 2.24) is 9.55 Å². The van der Waals surface area contributed by atoms with Gasteiger partial charge in [-0.2, -0.15) is 0 Å². The van der Waals surface area contributed by atoms with Crippen LogP contribution in [-0.4, -0.2) is 36.7 Å². The zero-order chi connectivity index (χ0) is 22.8. The first-order chi connectivity index (χ1) is 14.7. The van der Waals surface area contributed by atoms with Crippen molar-refractivity contribution in [3.05, 3.63) is 86.6 Å². The van der Waals surface area contributed by atoms with Gasteiger partial charge in [0.05, 0.1) is 17.2 Å². The first-order valence-electron chi connectivity index (χ1n) is 9.43. The van der Waals surface area contributed by atoms with Gasteiger partial charge in [-0.05, 0) is 29.8 Å². The standard InChI is InChI=1S/C21H22N4O5S/c1-3-31(29,30)16-11-9-15(10-12-16)20(27)24(2)17-18(22)25(21(28)23-19(17)26)13-14-7-5-4-6-8-14/h4-12H,3,13,22H2,1-2H3,(H,23,26,28). The largest absolute Gasteiger partial charge is 0.383 e. The summed E-state index contributed by atoms with van der Waals surface area (Å²) in [6, 6.07) is 14.5. The predicted octanol–water partition coefficient (Wildman–Crippen LogP) is 1.24. The fourth-order valence-corrected chi connectivity index (χ4v) is 3.98. The molecule has 10 heteroatoms. The van der Waals surface area contributed by atoms with Crippen molar-refractivity contribution in [2.75, 3.05) is 23.4 Å². The third-order valence-electron chi connectivity index (χ3n) is 4.88. The maximum absolute atomic E-state index is 12.9. The Kier molecular flexibility index (Phi) is 6.11. The van der Waals surface area contributed by atoms with Gasteiger partial charge >= 0.3 is 5.69 Å². The Morgan fingerprint density at radius 2 is 1.68 bits per heavy atom. The number of anilines is 2. The van der Waals surface area contributed by atoms with E-state index in [9.17, 15) is 22.8 Å². The highest BCUT2D eigenvalue weighted by Gasteiger charge is 2.22. The Balaban J connectivity index is 1.98. The molecule has 3 aromatic rings. The van der Waals surface area contributed by atoms with Crippen molar-refractivity contribution >= 4 is 27.2 Å². The number of nitrogens with two attached hydrogens (primary N) is 1. The Hall–Kier alpha value is -3.66. The van der Waals surface area contributed by atoms with Crippen molar-refractivity contribution in [3.63, 3.8) is 0 Å². The lowest BCUT2D eigenvalue weighted by Gasteiger charge is -2.20. The van der Waals surface area contributed by atoms with E-state index < -0.39 is 27.0 Å². The average molecular weight is 442 g/mol. The van der Waals surface area contributed by atoms with E-state index in [2.05, 4.69) is 4.98 Å². The van der Waals surface area contributed by atoms with Crippen LogP contribution in [0, 0.1) is 0 Å². The van der Waals surface area contributed by atoms with Gasteiger partial charge in [-0.3, -0.25) is 19.1 Å². The summed E-state index contributed by atoms with van der Waals surface area (Å²) in [5.74, 6) is -0.795. The predicted molar refractivity (Wildman–Crippen MR) is 118 cm³/mol. The molecule has 162 valence electrons. The number of amides is 1. The smallest absolute Gasteiger partial charge is 0.330 e. The molecule has 0 aliphatic carbocycles. The molecule has 1 amide bonds. The molecule has 1 aromatic heterocycles. The van der Waals surface area contributed by atoms with Crippen LogP contribution >= 0.6 is 0 Å². The number of carbonyl (C=O) groups excluding carboxylic acids is 1. The molecule has 0 fully saturated rings. The molecular weight excluding hydrogens is 420 g/mol. The van der Waals surface area contributed by atoms with E-state index in [4.69, 9.17) is 5.73 Å². The van der Waals surface area contributed by atoms with Crippen LogP contribution in [0.1, 0.15) is 22.8 Å². The molecule has 0 atom stereocenters. The number of aromatic nitrogens is 2.